The van der Waals surface area contributed by atoms with Gasteiger partial charge in [0.15, 0.2) is 11.5 Å². The summed E-state index contributed by atoms with van der Waals surface area (Å²) in [5.41, 5.74) is 3.02. The van der Waals surface area contributed by atoms with E-state index >= 15 is 0 Å². The van der Waals surface area contributed by atoms with Gasteiger partial charge in [-0.2, -0.15) is 0 Å². The van der Waals surface area contributed by atoms with Crippen LogP contribution in [0.1, 0.15) is 33.9 Å². The van der Waals surface area contributed by atoms with Gasteiger partial charge in [-0.25, -0.2) is 0 Å². The molecule has 2 amide bonds. The van der Waals surface area contributed by atoms with E-state index in [0.29, 0.717) is 34.9 Å². The largest absolute Gasteiger partial charge is 0.493 e. The average molecular weight is 461 g/mol. The Hall–Kier alpha value is -4.00. The molecule has 0 radical (unpaired) electrons. The predicted molar refractivity (Wildman–Crippen MR) is 130 cm³/mol. The zero-order valence-corrected chi connectivity index (χ0v) is 19.5. The number of nitrogens with zero attached hydrogens (tertiary/aromatic N) is 1. The fourth-order valence-electron chi connectivity index (χ4n) is 4.28. The molecule has 0 aliphatic carbocycles. The van der Waals surface area contributed by atoms with Crippen LogP contribution in [-0.2, 0) is 11.2 Å². The summed E-state index contributed by atoms with van der Waals surface area (Å²) < 4.78 is 16.1. The quantitative estimate of drug-likeness (QED) is 0.573. The van der Waals surface area contributed by atoms with Crippen molar-refractivity contribution in [1.82, 2.24) is 5.32 Å². The minimum atomic E-state index is -0.862. The van der Waals surface area contributed by atoms with Crippen molar-refractivity contribution in [1.29, 1.82) is 0 Å². The highest BCUT2D eigenvalue weighted by molar-refractivity contribution is 6.03. The number of fused-ring (bicyclic) bond motifs is 1. The summed E-state index contributed by atoms with van der Waals surface area (Å²) in [5.74, 6) is 0.507. The van der Waals surface area contributed by atoms with E-state index in [-0.39, 0.29) is 5.91 Å². The Labute approximate surface area is 199 Å². The molecule has 0 fully saturated rings. The third-order valence-electron chi connectivity index (χ3n) is 5.96. The molecule has 0 aromatic heterocycles. The fraction of sp³-hybridized carbons (Fsp3) is 0.259. The van der Waals surface area contributed by atoms with Gasteiger partial charge in [0.25, 0.3) is 11.8 Å². The number of aryl methyl sites for hydroxylation is 1. The molecule has 1 atom stereocenters. The van der Waals surface area contributed by atoms with Gasteiger partial charge in [-0.3, -0.25) is 9.59 Å². The smallest absolute Gasteiger partial charge is 0.254 e. The van der Waals surface area contributed by atoms with Crippen LogP contribution in [0.5, 0.6) is 17.2 Å². The van der Waals surface area contributed by atoms with Crippen LogP contribution in [0.3, 0.4) is 0 Å². The summed E-state index contributed by atoms with van der Waals surface area (Å²) in [5, 5.41) is 2.94. The number of hydrogen-bond donors (Lipinski definition) is 1. The van der Waals surface area contributed by atoms with E-state index in [9.17, 15) is 9.59 Å². The molecule has 4 rings (SSSR count). The van der Waals surface area contributed by atoms with Gasteiger partial charge in [0.2, 0.25) is 5.75 Å². The van der Waals surface area contributed by atoms with Gasteiger partial charge < -0.3 is 24.4 Å². The molecule has 0 spiro atoms. The number of ether oxygens (including phenoxy) is 3. The van der Waals surface area contributed by atoms with Crippen LogP contribution in [0.2, 0.25) is 0 Å². The Kier molecular flexibility index (Phi) is 7.01. The fourth-order valence-corrected chi connectivity index (χ4v) is 4.28. The molecule has 1 aliphatic rings. The van der Waals surface area contributed by atoms with Crippen LogP contribution in [-0.4, -0.2) is 39.7 Å². The number of anilines is 1. The molecule has 3 aromatic rings. The second kappa shape index (κ2) is 10.3. The maximum atomic E-state index is 13.8. The molecule has 1 heterocycles. The van der Waals surface area contributed by atoms with E-state index in [2.05, 4.69) is 5.32 Å². The third kappa shape index (κ3) is 4.55. The first-order valence-electron chi connectivity index (χ1n) is 11.1. The molecular weight excluding hydrogens is 432 g/mol. The molecule has 1 N–H and O–H groups in total. The van der Waals surface area contributed by atoms with Gasteiger partial charge in [-0.1, -0.05) is 48.5 Å². The number of carbonyl (C=O) groups excluding carboxylic acids is 2. The monoisotopic (exact) mass is 460 g/mol. The first kappa shape index (κ1) is 23.2. The lowest BCUT2D eigenvalue weighted by Gasteiger charge is -2.32. The minimum absolute atomic E-state index is 0.181. The highest BCUT2D eigenvalue weighted by atomic mass is 16.5. The Morgan fingerprint density at radius 3 is 2.18 bits per heavy atom. The number of carbonyl (C=O) groups is 2. The molecule has 1 aliphatic heterocycles. The predicted octanol–water partition coefficient (Wildman–Crippen LogP) is 4.16. The number of methoxy groups -OCH3 is 3. The van der Waals surface area contributed by atoms with Crippen molar-refractivity contribution in [2.45, 2.75) is 18.9 Å². The molecule has 3 aromatic carbocycles. The highest BCUT2D eigenvalue weighted by Crippen LogP contribution is 2.38. The van der Waals surface area contributed by atoms with Gasteiger partial charge in [0.1, 0.15) is 6.04 Å². The average Bonchev–Trinajstić information content (AvgIpc) is 2.90. The van der Waals surface area contributed by atoms with Crippen LogP contribution >= 0.6 is 0 Å². The zero-order chi connectivity index (χ0) is 24.1. The van der Waals surface area contributed by atoms with Crippen LogP contribution in [0.4, 0.5) is 5.69 Å². The van der Waals surface area contributed by atoms with E-state index in [4.69, 9.17) is 14.2 Å². The van der Waals surface area contributed by atoms with Gasteiger partial charge in [0.05, 0.1) is 21.3 Å². The van der Waals surface area contributed by atoms with Crippen LogP contribution < -0.4 is 24.4 Å². The minimum Gasteiger partial charge on any atom is -0.493 e. The molecule has 34 heavy (non-hydrogen) atoms. The summed E-state index contributed by atoms with van der Waals surface area (Å²) in [6.45, 7) is 0.596. The van der Waals surface area contributed by atoms with Gasteiger partial charge in [-0.15, -0.1) is 0 Å². The number of nitrogens with one attached hydrogen (secondary N) is 1. The zero-order valence-electron chi connectivity index (χ0n) is 19.5. The number of benzene rings is 3. The lowest BCUT2D eigenvalue weighted by molar-refractivity contribution is -0.120. The van der Waals surface area contributed by atoms with Crippen molar-refractivity contribution in [2.75, 3.05) is 32.8 Å². The standard InChI is InChI=1S/C27H28N2O5/c1-32-22-16-20(17-23(33-2)25(22)34-3)26(30)28-24(19-11-5-4-6-12-19)27(31)29-15-9-13-18-10-7-8-14-21(18)29/h4-8,10-12,14,16-17,24H,9,13,15H2,1-3H3,(H,28,30)/t24-/m0/s1. The van der Waals surface area contributed by atoms with Crippen LogP contribution in [0.25, 0.3) is 0 Å². The third-order valence-corrected chi connectivity index (χ3v) is 5.96. The van der Waals surface area contributed by atoms with Crippen molar-refractivity contribution < 1.29 is 23.8 Å². The maximum absolute atomic E-state index is 13.8. The number of para-hydroxylation sites is 1. The van der Waals surface area contributed by atoms with Crippen LogP contribution in [0.15, 0.2) is 66.7 Å². The van der Waals surface area contributed by atoms with E-state index in [1.165, 1.54) is 21.3 Å². The Bertz CT molecular complexity index is 1150. The highest BCUT2D eigenvalue weighted by Gasteiger charge is 2.31. The topological polar surface area (TPSA) is 77.1 Å². The summed E-state index contributed by atoms with van der Waals surface area (Å²) in [7, 11) is 4.48. The lowest BCUT2D eigenvalue weighted by atomic mass is 9.99. The van der Waals surface area contributed by atoms with E-state index < -0.39 is 11.9 Å². The summed E-state index contributed by atoms with van der Waals surface area (Å²) in [6, 6.07) is 19.4. The molecule has 0 bridgehead atoms. The number of amides is 2. The second-order valence-corrected chi connectivity index (χ2v) is 7.95. The van der Waals surface area contributed by atoms with Gasteiger partial charge in [-0.05, 0) is 42.2 Å². The van der Waals surface area contributed by atoms with Crippen molar-refractivity contribution >= 4 is 17.5 Å². The number of hydrogen-bond acceptors (Lipinski definition) is 5. The molecule has 7 heteroatoms. The van der Waals surface area contributed by atoms with Crippen molar-refractivity contribution in [3.63, 3.8) is 0 Å². The maximum Gasteiger partial charge on any atom is 0.254 e. The van der Waals surface area contributed by atoms with Crippen molar-refractivity contribution in [2.24, 2.45) is 0 Å². The van der Waals surface area contributed by atoms with E-state index in [1.807, 2.05) is 54.6 Å². The summed E-state index contributed by atoms with van der Waals surface area (Å²) in [4.78, 5) is 28.9. The Morgan fingerprint density at radius 1 is 0.882 bits per heavy atom. The van der Waals surface area contributed by atoms with Gasteiger partial charge in [0, 0.05) is 17.8 Å². The summed E-state index contributed by atoms with van der Waals surface area (Å²) in [6.07, 6.45) is 1.79. The normalized spacial score (nSPS) is 13.4. The molecular formula is C27H28N2O5. The lowest BCUT2D eigenvalue weighted by Crippen LogP contribution is -2.45. The molecule has 7 nitrogen and oxygen atoms in total. The Morgan fingerprint density at radius 2 is 1.53 bits per heavy atom. The van der Waals surface area contributed by atoms with Crippen LogP contribution in [0, 0.1) is 0 Å². The van der Waals surface area contributed by atoms with E-state index in [0.717, 1.165) is 24.1 Å². The SMILES string of the molecule is COc1cc(C(=O)N[C@H](C(=O)N2CCCc3ccccc32)c2ccccc2)cc(OC)c1OC. The molecule has 0 unspecified atom stereocenters. The molecule has 0 saturated carbocycles. The Balaban J connectivity index is 1.69. The van der Waals surface area contributed by atoms with Gasteiger partial charge >= 0.3 is 0 Å². The number of rotatable bonds is 7. The second-order valence-electron chi connectivity index (χ2n) is 7.95. The molecule has 176 valence electrons. The first-order valence-corrected chi connectivity index (χ1v) is 11.1. The first-order chi connectivity index (χ1) is 16.6. The van der Waals surface area contributed by atoms with E-state index in [1.54, 1.807) is 17.0 Å². The van der Waals surface area contributed by atoms with Crippen molar-refractivity contribution in [3.05, 3.63) is 83.4 Å². The molecule has 0 saturated heterocycles. The summed E-state index contributed by atoms with van der Waals surface area (Å²) >= 11 is 0. The van der Waals surface area contributed by atoms with Crippen molar-refractivity contribution in [3.8, 4) is 17.2 Å².